The van der Waals surface area contributed by atoms with Crippen molar-refractivity contribution in [3.8, 4) is 0 Å². The lowest BCUT2D eigenvalue weighted by Gasteiger charge is -2.23. The third-order valence-electron chi connectivity index (χ3n) is 3.97. The molecule has 0 unspecified atom stereocenters. The Morgan fingerprint density at radius 2 is 2.24 bits per heavy atom. The van der Waals surface area contributed by atoms with Crippen LogP contribution in [0.1, 0.15) is 37.4 Å². The lowest BCUT2D eigenvalue weighted by atomic mass is 9.94. The number of thiazole rings is 1. The van der Waals surface area contributed by atoms with Gasteiger partial charge in [0.05, 0.1) is 5.69 Å². The number of aryl methyl sites for hydroxylation is 1. The Kier molecular flexibility index (Phi) is 3.68. The first-order valence-corrected chi connectivity index (χ1v) is 8.01. The van der Waals surface area contributed by atoms with Crippen molar-refractivity contribution in [1.29, 1.82) is 0 Å². The maximum absolute atomic E-state index is 11.5. The van der Waals surface area contributed by atoms with Crippen LogP contribution in [-0.2, 0) is 15.1 Å². The van der Waals surface area contributed by atoms with E-state index in [1.165, 1.54) is 5.56 Å². The van der Waals surface area contributed by atoms with Gasteiger partial charge in [-0.05, 0) is 25.0 Å². The summed E-state index contributed by atoms with van der Waals surface area (Å²) in [5.74, 6) is -0.127. The third kappa shape index (κ3) is 2.65. The fourth-order valence-corrected chi connectivity index (χ4v) is 3.41. The molecule has 1 aromatic carbocycles. The highest BCUT2D eigenvalue weighted by Gasteiger charge is 2.42. The fraction of sp³-hybridized carbons (Fsp3) is 0.375. The molecule has 1 fully saturated rings. The third-order valence-corrected chi connectivity index (χ3v) is 4.73. The van der Waals surface area contributed by atoms with E-state index in [0.29, 0.717) is 6.42 Å². The summed E-state index contributed by atoms with van der Waals surface area (Å²) in [6.07, 6.45) is 1.95. The van der Waals surface area contributed by atoms with Crippen LogP contribution in [0, 0.1) is 6.92 Å². The average Bonchev–Trinajstić information content (AvgIpc) is 3.09. The second-order valence-electron chi connectivity index (χ2n) is 5.30. The molecule has 3 rings (SSSR count). The predicted octanol–water partition coefficient (Wildman–Crippen LogP) is 4.14. The van der Waals surface area contributed by atoms with E-state index in [-0.39, 0.29) is 5.97 Å². The van der Waals surface area contributed by atoms with E-state index in [2.05, 4.69) is 23.3 Å². The van der Waals surface area contributed by atoms with Gasteiger partial charge in [-0.2, -0.15) is 0 Å². The highest BCUT2D eigenvalue weighted by Crippen LogP contribution is 2.41. The summed E-state index contributed by atoms with van der Waals surface area (Å²) in [7, 11) is 0. The Bertz CT molecular complexity index is 668. The van der Waals surface area contributed by atoms with Crippen molar-refractivity contribution in [2.75, 3.05) is 5.32 Å². The molecule has 0 bridgehead atoms. The van der Waals surface area contributed by atoms with Crippen molar-refractivity contribution in [2.24, 2.45) is 0 Å². The van der Waals surface area contributed by atoms with Gasteiger partial charge in [-0.1, -0.05) is 25.1 Å². The smallest absolute Gasteiger partial charge is 0.306 e. The molecule has 1 N–H and O–H groups in total. The Morgan fingerprint density at radius 1 is 1.43 bits per heavy atom. The molecule has 0 radical (unpaired) electrons. The van der Waals surface area contributed by atoms with Gasteiger partial charge in [0.25, 0.3) is 0 Å². The number of hydrogen-bond donors (Lipinski definition) is 1. The predicted molar refractivity (Wildman–Crippen MR) is 83.9 cm³/mol. The van der Waals surface area contributed by atoms with E-state index in [1.54, 1.807) is 11.3 Å². The molecule has 0 aliphatic carbocycles. The summed E-state index contributed by atoms with van der Waals surface area (Å²) in [6.45, 7) is 4.09. The Labute approximate surface area is 128 Å². The maximum Gasteiger partial charge on any atom is 0.306 e. The van der Waals surface area contributed by atoms with Crippen LogP contribution in [-0.4, -0.2) is 11.0 Å². The molecule has 1 aliphatic heterocycles. The highest BCUT2D eigenvalue weighted by molar-refractivity contribution is 7.13. The van der Waals surface area contributed by atoms with Gasteiger partial charge in [0.1, 0.15) is 0 Å². The van der Waals surface area contributed by atoms with Crippen LogP contribution in [0.4, 0.5) is 10.8 Å². The molecule has 1 aliphatic rings. The molecule has 5 heteroatoms. The van der Waals surface area contributed by atoms with Crippen LogP contribution in [0.3, 0.4) is 0 Å². The largest absolute Gasteiger partial charge is 0.452 e. The van der Waals surface area contributed by atoms with Crippen LogP contribution in [0.5, 0.6) is 0 Å². The number of rotatable bonds is 4. The van der Waals surface area contributed by atoms with Crippen molar-refractivity contribution in [3.63, 3.8) is 0 Å². The van der Waals surface area contributed by atoms with Gasteiger partial charge in [0.2, 0.25) is 0 Å². The van der Waals surface area contributed by atoms with Gasteiger partial charge in [-0.25, -0.2) is 4.98 Å². The number of nitrogens with zero attached hydrogens (tertiary/aromatic N) is 1. The highest BCUT2D eigenvalue weighted by atomic mass is 32.1. The van der Waals surface area contributed by atoms with E-state index in [0.717, 1.165) is 29.4 Å². The monoisotopic (exact) mass is 302 g/mol. The summed E-state index contributed by atoms with van der Waals surface area (Å²) in [5.41, 5.74) is 2.55. The van der Waals surface area contributed by atoms with Crippen molar-refractivity contribution >= 4 is 28.1 Å². The standard InChI is InChI=1S/C16H18N2O2S/c1-3-16(9-8-14(19)20-16)13-10-21-15(18-13)17-12-7-5-4-6-11(12)2/h4-7,10H,3,8-9H2,1-2H3,(H,17,18)/t16-/m0/s1. The Balaban J connectivity index is 1.83. The van der Waals surface area contributed by atoms with Gasteiger partial charge in [0.15, 0.2) is 10.7 Å². The topological polar surface area (TPSA) is 51.2 Å². The van der Waals surface area contributed by atoms with Gasteiger partial charge < -0.3 is 10.1 Å². The van der Waals surface area contributed by atoms with Gasteiger partial charge >= 0.3 is 5.97 Å². The summed E-state index contributed by atoms with van der Waals surface area (Å²) in [4.78, 5) is 16.1. The number of ether oxygens (including phenoxy) is 1. The van der Waals surface area contributed by atoms with E-state index >= 15 is 0 Å². The Morgan fingerprint density at radius 3 is 2.90 bits per heavy atom. The van der Waals surface area contributed by atoms with E-state index < -0.39 is 5.60 Å². The number of nitrogens with one attached hydrogen (secondary N) is 1. The number of para-hydroxylation sites is 1. The van der Waals surface area contributed by atoms with Crippen molar-refractivity contribution < 1.29 is 9.53 Å². The van der Waals surface area contributed by atoms with E-state index in [9.17, 15) is 4.79 Å². The maximum atomic E-state index is 11.5. The van der Waals surface area contributed by atoms with E-state index in [4.69, 9.17) is 4.74 Å². The van der Waals surface area contributed by atoms with Gasteiger partial charge in [-0.15, -0.1) is 11.3 Å². The molecule has 0 amide bonds. The molecule has 2 aromatic rings. The van der Waals surface area contributed by atoms with Crippen LogP contribution in [0.2, 0.25) is 0 Å². The lowest BCUT2D eigenvalue weighted by molar-refractivity contribution is -0.149. The molecule has 2 heterocycles. The molecule has 21 heavy (non-hydrogen) atoms. The summed E-state index contributed by atoms with van der Waals surface area (Å²) in [5, 5.41) is 6.15. The van der Waals surface area contributed by atoms with Crippen LogP contribution in [0.25, 0.3) is 0 Å². The Hall–Kier alpha value is -1.88. The zero-order chi connectivity index (χ0) is 14.9. The average molecular weight is 302 g/mol. The zero-order valence-corrected chi connectivity index (χ0v) is 13.0. The summed E-state index contributed by atoms with van der Waals surface area (Å²) < 4.78 is 5.55. The van der Waals surface area contributed by atoms with Crippen LogP contribution < -0.4 is 5.32 Å². The SMILES string of the molecule is CC[C@@]1(c2csc(Nc3ccccc3C)n2)CCC(=O)O1. The number of esters is 1. The quantitative estimate of drug-likeness (QED) is 0.862. The number of carbonyl (C=O) groups excluding carboxylic acids is 1. The second kappa shape index (κ2) is 5.48. The van der Waals surface area contributed by atoms with Crippen molar-refractivity contribution in [1.82, 2.24) is 4.98 Å². The van der Waals surface area contributed by atoms with Crippen molar-refractivity contribution in [3.05, 3.63) is 40.9 Å². The normalized spacial score (nSPS) is 21.3. The summed E-state index contributed by atoms with van der Waals surface area (Å²) >= 11 is 1.54. The molecule has 0 spiro atoms. The number of benzene rings is 1. The minimum Gasteiger partial charge on any atom is -0.452 e. The number of hydrogen-bond acceptors (Lipinski definition) is 5. The molecule has 0 saturated carbocycles. The molecule has 4 nitrogen and oxygen atoms in total. The minimum absolute atomic E-state index is 0.127. The molecule has 1 aromatic heterocycles. The zero-order valence-electron chi connectivity index (χ0n) is 12.2. The van der Waals surface area contributed by atoms with Gasteiger partial charge in [-0.3, -0.25) is 4.79 Å². The van der Waals surface area contributed by atoms with Gasteiger partial charge in [0, 0.05) is 23.9 Å². The first kappa shape index (κ1) is 14.1. The molecular weight excluding hydrogens is 284 g/mol. The molecule has 1 saturated heterocycles. The number of cyclic esters (lactones) is 1. The first-order chi connectivity index (χ1) is 10.1. The molecule has 110 valence electrons. The number of anilines is 2. The number of aromatic nitrogens is 1. The van der Waals surface area contributed by atoms with Crippen molar-refractivity contribution in [2.45, 2.75) is 38.7 Å². The second-order valence-corrected chi connectivity index (χ2v) is 6.16. The van der Waals surface area contributed by atoms with E-state index in [1.807, 2.05) is 30.5 Å². The fourth-order valence-electron chi connectivity index (χ4n) is 2.60. The molecule has 1 atom stereocenters. The molecular formula is C16H18N2O2S. The minimum atomic E-state index is -0.529. The first-order valence-electron chi connectivity index (χ1n) is 7.13. The van der Waals surface area contributed by atoms with Crippen LogP contribution >= 0.6 is 11.3 Å². The number of carbonyl (C=O) groups is 1. The van der Waals surface area contributed by atoms with Crippen LogP contribution in [0.15, 0.2) is 29.6 Å². The summed E-state index contributed by atoms with van der Waals surface area (Å²) in [6, 6.07) is 8.10. The lowest BCUT2D eigenvalue weighted by Crippen LogP contribution is -2.25.